The Balaban J connectivity index is 1.70. The Labute approximate surface area is 201 Å². The van der Waals surface area contributed by atoms with Crippen molar-refractivity contribution in [3.63, 3.8) is 0 Å². The zero-order valence-electron chi connectivity index (χ0n) is 19.0. The molecule has 2 amide bonds. The zero-order chi connectivity index (χ0) is 24.4. The molecule has 4 aromatic rings. The van der Waals surface area contributed by atoms with Crippen LogP contribution in [-0.4, -0.2) is 26.6 Å². The number of hydrogen-bond acceptors (Lipinski definition) is 5. The summed E-state index contributed by atoms with van der Waals surface area (Å²) in [6, 6.07) is 19.4. The topological polar surface area (TPSA) is 107 Å². The number of rotatable bonds is 6. The van der Waals surface area contributed by atoms with Gasteiger partial charge in [-0.1, -0.05) is 36.0 Å². The summed E-state index contributed by atoms with van der Waals surface area (Å²) in [4.78, 5) is 42.4. The largest absolute Gasteiger partial charge is 0.366 e. The Morgan fingerprint density at radius 1 is 1.03 bits per heavy atom. The average Bonchev–Trinajstić information content (AvgIpc) is 2.81. The summed E-state index contributed by atoms with van der Waals surface area (Å²) in [5.74, 6) is -0.791. The van der Waals surface area contributed by atoms with Crippen molar-refractivity contribution in [2.24, 2.45) is 5.73 Å². The fourth-order valence-electron chi connectivity index (χ4n) is 3.54. The number of carbonyl (C=O) groups is 2. The molecule has 4 rings (SSSR count). The quantitative estimate of drug-likeness (QED) is 0.323. The molecule has 1 atom stereocenters. The summed E-state index contributed by atoms with van der Waals surface area (Å²) in [6.07, 6.45) is 0. The summed E-state index contributed by atoms with van der Waals surface area (Å²) in [5, 5.41) is 3.22. The van der Waals surface area contributed by atoms with E-state index in [1.54, 1.807) is 47.9 Å². The highest BCUT2D eigenvalue weighted by Crippen LogP contribution is 2.27. The van der Waals surface area contributed by atoms with E-state index in [1.165, 1.54) is 11.8 Å². The minimum atomic E-state index is -0.555. The van der Waals surface area contributed by atoms with Gasteiger partial charge in [0, 0.05) is 11.3 Å². The van der Waals surface area contributed by atoms with Crippen LogP contribution in [0.25, 0.3) is 16.6 Å². The molecule has 1 unspecified atom stereocenters. The van der Waals surface area contributed by atoms with E-state index in [2.05, 4.69) is 5.32 Å². The number of nitrogens with one attached hydrogen (secondary N) is 1. The van der Waals surface area contributed by atoms with E-state index in [9.17, 15) is 14.4 Å². The first kappa shape index (κ1) is 23.3. The lowest BCUT2D eigenvalue weighted by Gasteiger charge is -2.18. The number of nitrogens with zero attached hydrogens (tertiary/aromatic N) is 2. The molecule has 3 aromatic carbocycles. The van der Waals surface area contributed by atoms with Gasteiger partial charge in [0.25, 0.3) is 5.56 Å². The molecule has 1 heterocycles. The van der Waals surface area contributed by atoms with Gasteiger partial charge < -0.3 is 11.1 Å². The minimum Gasteiger partial charge on any atom is -0.366 e. The van der Waals surface area contributed by atoms with Gasteiger partial charge in [-0.15, -0.1) is 0 Å². The van der Waals surface area contributed by atoms with Gasteiger partial charge in [-0.05, 0) is 74.4 Å². The molecule has 0 spiro atoms. The lowest BCUT2D eigenvalue weighted by molar-refractivity contribution is -0.115. The normalized spacial score (nSPS) is 11.9. The van der Waals surface area contributed by atoms with Gasteiger partial charge in [-0.2, -0.15) is 0 Å². The third kappa shape index (κ3) is 4.72. The van der Waals surface area contributed by atoms with Gasteiger partial charge >= 0.3 is 0 Å². The van der Waals surface area contributed by atoms with Crippen LogP contribution >= 0.6 is 11.8 Å². The molecule has 172 valence electrons. The number of aromatic nitrogens is 2. The van der Waals surface area contributed by atoms with Crippen LogP contribution in [0.4, 0.5) is 5.69 Å². The number of aryl methyl sites for hydroxylation is 2. The summed E-state index contributed by atoms with van der Waals surface area (Å²) >= 11 is 1.21. The van der Waals surface area contributed by atoms with Crippen LogP contribution in [0.1, 0.15) is 28.4 Å². The molecule has 1 aromatic heterocycles. The Morgan fingerprint density at radius 2 is 1.74 bits per heavy atom. The molecular weight excluding hydrogens is 448 g/mol. The second kappa shape index (κ2) is 9.52. The first-order valence-electron chi connectivity index (χ1n) is 10.7. The lowest BCUT2D eigenvalue weighted by atomic mass is 10.1. The molecule has 0 bridgehead atoms. The third-order valence-corrected chi connectivity index (χ3v) is 6.49. The molecule has 0 aliphatic carbocycles. The maximum atomic E-state index is 13.5. The molecule has 7 nitrogen and oxygen atoms in total. The van der Waals surface area contributed by atoms with E-state index in [0.717, 1.165) is 16.8 Å². The minimum absolute atomic E-state index is 0.184. The molecular formula is C26H24N4O3S. The molecule has 34 heavy (non-hydrogen) atoms. The Kier molecular flexibility index (Phi) is 6.51. The number of anilines is 1. The van der Waals surface area contributed by atoms with Gasteiger partial charge in [-0.3, -0.25) is 19.0 Å². The van der Waals surface area contributed by atoms with Crippen molar-refractivity contribution in [1.29, 1.82) is 0 Å². The van der Waals surface area contributed by atoms with Crippen LogP contribution in [-0.2, 0) is 4.79 Å². The van der Waals surface area contributed by atoms with Gasteiger partial charge in [0.05, 0.1) is 21.8 Å². The average molecular weight is 473 g/mol. The summed E-state index contributed by atoms with van der Waals surface area (Å²) in [5.41, 5.74) is 9.24. The van der Waals surface area contributed by atoms with Crippen molar-refractivity contribution in [3.8, 4) is 5.69 Å². The predicted molar refractivity (Wildman–Crippen MR) is 136 cm³/mol. The number of amides is 2. The van der Waals surface area contributed by atoms with Gasteiger partial charge in [0.1, 0.15) is 0 Å². The van der Waals surface area contributed by atoms with Crippen molar-refractivity contribution < 1.29 is 9.59 Å². The van der Waals surface area contributed by atoms with E-state index < -0.39 is 11.2 Å². The maximum absolute atomic E-state index is 13.5. The molecule has 0 saturated carbocycles. The van der Waals surface area contributed by atoms with Crippen molar-refractivity contribution >= 4 is 40.2 Å². The molecule has 0 aliphatic rings. The van der Waals surface area contributed by atoms with Gasteiger partial charge in [0.2, 0.25) is 11.8 Å². The fourth-order valence-corrected chi connectivity index (χ4v) is 4.46. The van der Waals surface area contributed by atoms with Crippen LogP contribution in [0.2, 0.25) is 0 Å². The standard InChI is InChI=1S/C26H24N4O3S/c1-15-8-9-16(2)22(14-15)30-25(33)20-6-4-5-7-21(20)29-26(30)34-17(3)24(32)28-19-12-10-18(11-13-19)23(27)31/h4-14,17H,1-3H3,(H2,27,31)(H,28,32). The summed E-state index contributed by atoms with van der Waals surface area (Å²) in [7, 11) is 0. The van der Waals surface area contributed by atoms with Crippen LogP contribution in [0.15, 0.2) is 76.7 Å². The zero-order valence-corrected chi connectivity index (χ0v) is 19.8. The molecule has 0 saturated heterocycles. The smallest absolute Gasteiger partial charge is 0.266 e. The molecule has 0 radical (unpaired) electrons. The first-order valence-corrected chi connectivity index (χ1v) is 11.6. The second-order valence-electron chi connectivity index (χ2n) is 8.03. The second-order valence-corrected chi connectivity index (χ2v) is 9.34. The Hall–Kier alpha value is -3.91. The van der Waals surface area contributed by atoms with E-state index in [4.69, 9.17) is 10.7 Å². The van der Waals surface area contributed by atoms with Crippen LogP contribution in [0.5, 0.6) is 0 Å². The predicted octanol–water partition coefficient (Wildman–Crippen LogP) is 4.22. The van der Waals surface area contributed by atoms with Crippen molar-refractivity contribution in [2.45, 2.75) is 31.2 Å². The molecule has 0 aliphatic heterocycles. The van der Waals surface area contributed by atoms with Crippen molar-refractivity contribution in [2.75, 3.05) is 5.32 Å². The van der Waals surface area contributed by atoms with Crippen molar-refractivity contribution in [3.05, 3.63) is 93.8 Å². The van der Waals surface area contributed by atoms with Gasteiger partial charge in [0.15, 0.2) is 5.16 Å². The summed E-state index contributed by atoms with van der Waals surface area (Å²) < 4.78 is 1.58. The molecule has 8 heteroatoms. The van der Waals surface area contributed by atoms with E-state index in [0.29, 0.717) is 27.3 Å². The fraction of sp³-hybridized carbons (Fsp3) is 0.154. The highest BCUT2D eigenvalue weighted by molar-refractivity contribution is 8.00. The van der Waals surface area contributed by atoms with Gasteiger partial charge in [-0.25, -0.2) is 4.98 Å². The third-order valence-electron chi connectivity index (χ3n) is 5.44. The SMILES string of the molecule is Cc1ccc(C)c(-n2c(SC(C)C(=O)Nc3ccc(C(N)=O)cc3)nc3ccccc3c2=O)c1. The van der Waals surface area contributed by atoms with Crippen LogP contribution in [0, 0.1) is 13.8 Å². The number of fused-ring (bicyclic) bond motifs is 1. The van der Waals surface area contributed by atoms with E-state index >= 15 is 0 Å². The molecule has 0 fully saturated rings. The molecule has 3 N–H and O–H groups in total. The highest BCUT2D eigenvalue weighted by atomic mass is 32.2. The van der Waals surface area contributed by atoms with Crippen LogP contribution < -0.4 is 16.6 Å². The first-order chi connectivity index (χ1) is 16.2. The maximum Gasteiger partial charge on any atom is 0.266 e. The number of benzene rings is 3. The number of carbonyl (C=O) groups excluding carboxylic acids is 2. The number of hydrogen-bond donors (Lipinski definition) is 2. The number of primary amides is 1. The van der Waals surface area contributed by atoms with E-state index in [1.807, 2.05) is 44.2 Å². The number of thioether (sulfide) groups is 1. The Morgan fingerprint density at radius 3 is 2.44 bits per heavy atom. The highest BCUT2D eigenvalue weighted by Gasteiger charge is 2.21. The summed E-state index contributed by atoms with van der Waals surface area (Å²) in [6.45, 7) is 5.66. The van der Waals surface area contributed by atoms with E-state index in [-0.39, 0.29) is 11.5 Å². The van der Waals surface area contributed by atoms with Crippen LogP contribution in [0.3, 0.4) is 0 Å². The Bertz CT molecular complexity index is 1460. The monoisotopic (exact) mass is 472 g/mol. The number of nitrogens with two attached hydrogens (primary N) is 1. The van der Waals surface area contributed by atoms with Crippen molar-refractivity contribution in [1.82, 2.24) is 9.55 Å². The number of para-hydroxylation sites is 1. The lowest BCUT2D eigenvalue weighted by Crippen LogP contribution is -2.26.